The van der Waals surface area contributed by atoms with Crippen LogP contribution in [0.1, 0.15) is 5.56 Å². The number of benzene rings is 2. The molecule has 3 nitrogen and oxygen atoms in total. The van der Waals surface area contributed by atoms with Crippen LogP contribution in [0.3, 0.4) is 0 Å². The van der Waals surface area contributed by atoms with Crippen molar-refractivity contribution in [2.24, 2.45) is 0 Å². The summed E-state index contributed by atoms with van der Waals surface area (Å²) in [6, 6.07) is 15.3. The van der Waals surface area contributed by atoms with E-state index in [1.54, 1.807) is 4.57 Å². The maximum atomic E-state index is 12.4. The molecule has 0 bridgehead atoms. The summed E-state index contributed by atoms with van der Waals surface area (Å²) in [5, 5.41) is 1.69. The first-order valence-electron chi connectivity index (χ1n) is 6.26. The van der Waals surface area contributed by atoms with Crippen LogP contribution in [-0.4, -0.2) is 4.57 Å². The molecular weight excluding hydrogens is 316 g/mol. The lowest BCUT2D eigenvalue weighted by Crippen LogP contribution is -2.20. The summed E-state index contributed by atoms with van der Waals surface area (Å²) in [6.07, 6.45) is 1.82. The first kappa shape index (κ1) is 12.9. The van der Waals surface area contributed by atoms with Crippen molar-refractivity contribution >= 4 is 32.4 Å². The second-order valence-electron chi connectivity index (χ2n) is 4.73. The van der Waals surface area contributed by atoms with Gasteiger partial charge >= 0.3 is 0 Å². The SMILES string of the molecule is Nc1cc(Br)cc(Cn2ccc3ccccc3c2=O)c1. The van der Waals surface area contributed by atoms with Crippen LogP contribution < -0.4 is 11.3 Å². The van der Waals surface area contributed by atoms with Crippen molar-refractivity contribution < 1.29 is 0 Å². The Balaban J connectivity index is 2.07. The van der Waals surface area contributed by atoms with Crippen LogP contribution in [-0.2, 0) is 6.54 Å². The van der Waals surface area contributed by atoms with E-state index in [9.17, 15) is 4.79 Å². The van der Waals surface area contributed by atoms with E-state index in [-0.39, 0.29) is 5.56 Å². The fourth-order valence-electron chi connectivity index (χ4n) is 2.32. The third-order valence-electron chi connectivity index (χ3n) is 3.22. The molecule has 2 aromatic carbocycles. The number of hydrogen-bond donors (Lipinski definition) is 1. The van der Waals surface area contributed by atoms with E-state index in [1.807, 2.05) is 54.7 Å². The molecule has 20 heavy (non-hydrogen) atoms. The first-order chi connectivity index (χ1) is 9.63. The van der Waals surface area contributed by atoms with Crippen molar-refractivity contribution in [3.63, 3.8) is 0 Å². The van der Waals surface area contributed by atoms with Crippen LogP contribution in [0.5, 0.6) is 0 Å². The van der Waals surface area contributed by atoms with Gasteiger partial charge in [0.1, 0.15) is 0 Å². The van der Waals surface area contributed by atoms with Gasteiger partial charge < -0.3 is 10.3 Å². The zero-order chi connectivity index (χ0) is 14.1. The van der Waals surface area contributed by atoms with Gasteiger partial charge in [0.25, 0.3) is 5.56 Å². The molecule has 0 radical (unpaired) electrons. The van der Waals surface area contributed by atoms with Gasteiger partial charge in [-0.2, -0.15) is 0 Å². The minimum atomic E-state index is 0.0154. The topological polar surface area (TPSA) is 48.0 Å². The average Bonchev–Trinajstić information content (AvgIpc) is 2.41. The van der Waals surface area contributed by atoms with Gasteiger partial charge in [-0.25, -0.2) is 0 Å². The van der Waals surface area contributed by atoms with Crippen molar-refractivity contribution in [2.45, 2.75) is 6.54 Å². The Morgan fingerprint density at radius 1 is 1.10 bits per heavy atom. The van der Waals surface area contributed by atoms with E-state index in [1.165, 1.54) is 0 Å². The second-order valence-corrected chi connectivity index (χ2v) is 5.64. The van der Waals surface area contributed by atoms with Crippen LogP contribution in [0.25, 0.3) is 10.8 Å². The molecule has 4 heteroatoms. The summed E-state index contributed by atoms with van der Waals surface area (Å²) in [4.78, 5) is 12.4. The van der Waals surface area contributed by atoms with Crippen LogP contribution >= 0.6 is 15.9 Å². The Labute approximate surface area is 124 Å². The van der Waals surface area contributed by atoms with Gasteiger partial charge in [0.15, 0.2) is 0 Å². The fourth-order valence-corrected chi connectivity index (χ4v) is 2.88. The van der Waals surface area contributed by atoms with Gasteiger partial charge in [-0.05, 0) is 41.3 Å². The number of fused-ring (bicyclic) bond motifs is 1. The highest BCUT2D eigenvalue weighted by molar-refractivity contribution is 9.10. The number of aromatic nitrogens is 1. The maximum Gasteiger partial charge on any atom is 0.258 e. The Morgan fingerprint density at radius 2 is 1.90 bits per heavy atom. The number of nitrogen functional groups attached to an aromatic ring is 1. The van der Waals surface area contributed by atoms with Crippen molar-refractivity contribution in [2.75, 3.05) is 5.73 Å². The molecule has 0 saturated heterocycles. The highest BCUT2D eigenvalue weighted by atomic mass is 79.9. The summed E-state index contributed by atoms with van der Waals surface area (Å²) in [5.74, 6) is 0. The molecule has 0 amide bonds. The Morgan fingerprint density at radius 3 is 2.70 bits per heavy atom. The number of hydrogen-bond acceptors (Lipinski definition) is 2. The lowest BCUT2D eigenvalue weighted by atomic mass is 10.1. The Bertz CT molecular complexity index is 819. The third-order valence-corrected chi connectivity index (χ3v) is 3.68. The zero-order valence-electron chi connectivity index (χ0n) is 10.7. The monoisotopic (exact) mass is 328 g/mol. The molecule has 1 aromatic heterocycles. The van der Waals surface area contributed by atoms with Crippen LogP contribution in [0.15, 0.2) is 64.0 Å². The predicted molar refractivity (Wildman–Crippen MR) is 85.9 cm³/mol. The molecule has 0 unspecified atom stereocenters. The van der Waals surface area contributed by atoms with Crippen molar-refractivity contribution in [3.8, 4) is 0 Å². The lowest BCUT2D eigenvalue weighted by Gasteiger charge is -2.08. The van der Waals surface area contributed by atoms with Gasteiger partial charge in [-0.1, -0.05) is 34.1 Å². The molecule has 100 valence electrons. The molecule has 3 rings (SSSR count). The van der Waals surface area contributed by atoms with E-state index in [0.717, 1.165) is 20.8 Å². The number of nitrogens with two attached hydrogens (primary N) is 1. The highest BCUT2D eigenvalue weighted by Gasteiger charge is 2.04. The summed E-state index contributed by atoms with van der Waals surface area (Å²) in [7, 11) is 0. The van der Waals surface area contributed by atoms with Gasteiger partial charge in [0.2, 0.25) is 0 Å². The van der Waals surface area contributed by atoms with E-state index in [2.05, 4.69) is 15.9 Å². The fraction of sp³-hybridized carbons (Fsp3) is 0.0625. The van der Waals surface area contributed by atoms with Crippen LogP contribution in [0.2, 0.25) is 0 Å². The molecule has 2 N–H and O–H groups in total. The quantitative estimate of drug-likeness (QED) is 0.733. The van der Waals surface area contributed by atoms with E-state index in [0.29, 0.717) is 12.2 Å². The minimum Gasteiger partial charge on any atom is -0.399 e. The summed E-state index contributed by atoms with van der Waals surface area (Å²) >= 11 is 3.42. The molecule has 0 fully saturated rings. The predicted octanol–water partition coefficient (Wildman–Crippen LogP) is 3.39. The molecule has 3 aromatic rings. The van der Waals surface area contributed by atoms with Crippen molar-refractivity contribution in [1.29, 1.82) is 0 Å². The molecule has 1 heterocycles. The average molecular weight is 329 g/mol. The maximum absolute atomic E-state index is 12.4. The molecule has 0 spiro atoms. The van der Waals surface area contributed by atoms with E-state index < -0.39 is 0 Å². The van der Waals surface area contributed by atoms with Gasteiger partial charge in [0, 0.05) is 21.7 Å². The smallest absolute Gasteiger partial charge is 0.258 e. The van der Waals surface area contributed by atoms with Crippen molar-refractivity contribution in [3.05, 3.63) is 75.1 Å². The van der Waals surface area contributed by atoms with Gasteiger partial charge in [-0.3, -0.25) is 4.79 Å². The Kier molecular flexibility index (Phi) is 3.32. The van der Waals surface area contributed by atoms with Crippen LogP contribution in [0.4, 0.5) is 5.69 Å². The van der Waals surface area contributed by atoms with E-state index >= 15 is 0 Å². The van der Waals surface area contributed by atoms with E-state index in [4.69, 9.17) is 5.73 Å². The summed E-state index contributed by atoms with van der Waals surface area (Å²) in [6.45, 7) is 0.507. The second kappa shape index (κ2) is 5.13. The summed E-state index contributed by atoms with van der Waals surface area (Å²) < 4.78 is 2.62. The summed E-state index contributed by atoms with van der Waals surface area (Å²) in [5.41, 5.74) is 7.52. The standard InChI is InChI=1S/C16H13BrN2O/c17-13-7-11(8-14(18)9-13)10-19-6-5-12-3-1-2-4-15(12)16(19)20/h1-9H,10,18H2. The van der Waals surface area contributed by atoms with Gasteiger partial charge in [0.05, 0.1) is 6.54 Å². The first-order valence-corrected chi connectivity index (χ1v) is 7.06. The molecule has 0 aliphatic heterocycles. The molecule has 0 saturated carbocycles. The number of anilines is 1. The molecule has 0 atom stereocenters. The lowest BCUT2D eigenvalue weighted by molar-refractivity contribution is 0.768. The molecular formula is C16H13BrN2O. The minimum absolute atomic E-state index is 0.0154. The normalized spacial score (nSPS) is 10.8. The molecule has 0 aliphatic rings. The number of rotatable bonds is 2. The number of halogens is 1. The molecule has 0 aliphatic carbocycles. The largest absolute Gasteiger partial charge is 0.399 e. The Hall–Kier alpha value is -2.07. The van der Waals surface area contributed by atoms with Crippen LogP contribution in [0, 0.1) is 0 Å². The highest BCUT2D eigenvalue weighted by Crippen LogP contribution is 2.18. The van der Waals surface area contributed by atoms with Gasteiger partial charge in [-0.15, -0.1) is 0 Å². The number of nitrogens with zero attached hydrogens (tertiary/aromatic N) is 1. The third kappa shape index (κ3) is 2.47. The zero-order valence-corrected chi connectivity index (χ0v) is 12.3. The number of pyridine rings is 1. The van der Waals surface area contributed by atoms with Crippen molar-refractivity contribution in [1.82, 2.24) is 4.57 Å².